The van der Waals surface area contributed by atoms with Crippen molar-refractivity contribution in [1.29, 1.82) is 0 Å². The molecule has 1 aliphatic rings. The number of rotatable bonds is 3. The number of hydrogen-bond donors (Lipinski definition) is 1. The third-order valence-corrected chi connectivity index (χ3v) is 4.14. The van der Waals surface area contributed by atoms with Crippen LogP contribution in [0.3, 0.4) is 0 Å². The van der Waals surface area contributed by atoms with Crippen LogP contribution in [-0.4, -0.2) is 29.9 Å². The van der Waals surface area contributed by atoms with Crippen LogP contribution in [-0.2, 0) is 11.2 Å². The molecule has 1 heterocycles. The van der Waals surface area contributed by atoms with E-state index < -0.39 is 0 Å². The zero-order valence-electron chi connectivity index (χ0n) is 12.4. The van der Waals surface area contributed by atoms with Crippen LogP contribution in [0.1, 0.15) is 17.0 Å². The molecule has 0 aliphatic carbocycles. The van der Waals surface area contributed by atoms with Gasteiger partial charge in [0, 0.05) is 25.0 Å². The molecule has 4 heteroatoms. The first kappa shape index (κ1) is 16.5. The quantitative estimate of drug-likeness (QED) is 0.946. The minimum absolute atomic E-state index is 0. The van der Waals surface area contributed by atoms with Crippen LogP contribution in [0.25, 0.3) is 0 Å². The lowest BCUT2D eigenvalue weighted by molar-refractivity contribution is -0.129. The molecule has 0 spiro atoms. The predicted octanol–water partition coefficient (Wildman–Crippen LogP) is 2.60. The average molecular weight is 317 g/mol. The zero-order chi connectivity index (χ0) is 14.7. The largest absolute Gasteiger partial charge is 0.340 e. The topological polar surface area (TPSA) is 46.3 Å². The maximum absolute atomic E-state index is 12.4. The lowest BCUT2D eigenvalue weighted by Gasteiger charge is -2.16. The molecule has 0 radical (unpaired) electrons. The summed E-state index contributed by atoms with van der Waals surface area (Å²) < 4.78 is 0. The normalized spacial score (nSPS) is 20.5. The number of halogens is 1. The Bertz CT molecular complexity index is 603. The number of nitrogens with zero attached hydrogens (tertiary/aromatic N) is 1. The van der Waals surface area contributed by atoms with Crippen LogP contribution in [0.5, 0.6) is 0 Å². The van der Waals surface area contributed by atoms with Crippen LogP contribution in [0.15, 0.2) is 60.7 Å². The van der Waals surface area contributed by atoms with E-state index in [1.807, 2.05) is 53.4 Å². The number of likely N-dealkylation sites (tertiary alicyclic amines) is 1. The molecule has 1 fully saturated rings. The Balaban J connectivity index is 0.00000176. The average Bonchev–Trinajstić information content (AvgIpc) is 2.91. The molecule has 2 aromatic carbocycles. The zero-order valence-corrected chi connectivity index (χ0v) is 13.2. The number of amides is 1. The van der Waals surface area contributed by atoms with Gasteiger partial charge < -0.3 is 10.6 Å². The molecule has 3 rings (SSSR count). The van der Waals surface area contributed by atoms with Gasteiger partial charge in [0.25, 0.3) is 0 Å². The van der Waals surface area contributed by atoms with Crippen molar-refractivity contribution in [3.05, 3.63) is 71.8 Å². The van der Waals surface area contributed by atoms with Gasteiger partial charge in [-0.2, -0.15) is 0 Å². The summed E-state index contributed by atoms with van der Waals surface area (Å²) in [6, 6.07) is 20.1. The molecule has 2 atom stereocenters. The SMILES string of the molecule is Cl.N[C@@H]1CN(C(=O)Cc2ccccc2)C[C@H]1c1ccccc1. The molecule has 0 unspecified atom stereocenters. The van der Waals surface area contributed by atoms with E-state index in [0.717, 1.165) is 12.1 Å². The van der Waals surface area contributed by atoms with E-state index >= 15 is 0 Å². The van der Waals surface area contributed by atoms with Crippen LogP contribution < -0.4 is 5.73 Å². The summed E-state index contributed by atoms with van der Waals surface area (Å²) in [4.78, 5) is 14.3. The first-order chi connectivity index (χ1) is 10.2. The van der Waals surface area contributed by atoms with Gasteiger partial charge >= 0.3 is 0 Å². The van der Waals surface area contributed by atoms with Gasteiger partial charge in [-0.25, -0.2) is 0 Å². The van der Waals surface area contributed by atoms with E-state index in [-0.39, 0.29) is 30.3 Å². The van der Waals surface area contributed by atoms with Gasteiger partial charge in [-0.3, -0.25) is 4.79 Å². The molecule has 0 bridgehead atoms. The second-order valence-electron chi connectivity index (χ2n) is 5.64. The van der Waals surface area contributed by atoms with Crippen LogP contribution >= 0.6 is 12.4 Å². The number of carbonyl (C=O) groups excluding carboxylic acids is 1. The standard InChI is InChI=1S/C18H20N2O.ClH/c19-17-13-20(12-16(17)15-9-5-2-6-10-15)18(21)11-14-7-3-1-4-8-14;/h1-10,16-17H,11-13,19H2;1H/t16-,17+;/m0./s1. The summed E-state index contributed by atoms with van der Waals surface area (Å²) in [6.45, 7) is 1.36. The fourth-order valence-electron chi connectivity index (χ4n) is 2.97. The monoisotopic (exact) mass is 316 g/mol. The molecule has 2 N–H and O–H groups in total. The molecular formula is C18H21ClN2O. The summed E-state index contributed by atoms with van der Waals surface area (Å²) >= 11 is 0. The minimum Gasteiger partial charge on any atom is -0.340 e. The molecule has 1 saturated heterocycles. The Kier molecular flexibility index (Phi) is 5.58. The Morgan fingerprint density at radius 2 is 1.59 bits per heavy atom. The van der Waals surface area contributed by atoms with Crippen molar-refractivity contribution >= 4 is 18.3 Å². The van der Waals surface area contributed by atoms with Gasteiger partial charge in [0.15, 0.2) is 0 Å². The van der Waals surface area contributed by atoms with Crippen molar-refractivity contribution in [2.75, 3.05) is 13.1 Å². The van der Waals surface area contributed by atoms with Crippen molar-refractivity contribution in [2.24, 2.45) is 5.73 Å². The molecule has 1 amide bonds. The number of nitrogens with two attached hydrogens (primary N) is 1. The Labute approximate surface area is 137 Å². The van der Waals surface area contributed by atoms with Gasteiger partial charge in [0.1, 0.15) is 0 Å². The first-order valence-corrected chi connectivity index (χ1v) is 7.36. The van der Waals surface area contributed by atoms with Crippen molar-refractivity contribution in [1.82, 2.24) is 4.90 Å². The maximum atomic E-state index is 12.4. The lowest BCUT2D eigenvalue weighted by atomic mass is 9.95. The molecule has 2 aromatic rings. The summed E-state index contributed by atoms with van der Waals surface area (Å²) in [5, 5.41) is 0. The summed E-state index contributed by atoms with van der Waals surface area (Å²) in [7, 11) is 0. The van der Waals surface area contributed by atoms with Gasteiger partial charge in [0.05, 0.1) is 6.42 Å². The summed E-state index contributed by atoms with van der Waals surface area (Å²) in [5.74, 6) is 0.404. The molecule has 0 saturated carbocycles. The van der Waals surface area contributed by atoms with Crippen molar-refractivity contribution in [2.45, 2.75) is 18.4 Å². The molecular weight excluding hydrogens is 296 g/mol. The van der Waals surface area contributed by atoms with Gasteiger partial charge in [0.2, 0.25) is 5.91 Å². The second-order valence-corrected chi connectivity index (χ2v) is 5.64. The molecule has 22 heavy (non-hydrogen) atoms. The van der Waals surface area contributed by atoms with E-state index in [4.69, 9.17) is 5.73 Å². The molecule has 116 valence electrons. The van der Waals surface area contributed by atoms with E-state index in [2.05, 4.69) is 12.1 Å². The van der Waals surface area contributed by atoms with Crippen LogP contribution in [0.2, 0.25) is 0 Å². The Morgan fingerprint density at radius 3 is 2.23 bits per heavy atom. The number of hydrogen-bond acceptors (Lipinski definition) is 2. The van der Waals surface area contributed by atoms with E-state index in [9.17, 15) is 4.79 Å². The Hall–Kier alpha value is -1.84. The highest BCUT2D eigenvalue weighted by molar-refractivity contribution is 5.85. The fourth-order valence-corrected chi connectivity index (χ4v) is 2.97. The van der Waals surface area contributed by atoms with Crippen molar-refractivity contribution in [3.63, 3.8) is 0 Å². The van der Waals surface area contributed by atoms with Crippen molar-refractivity contribution in [3.8, 4) is 0 Å². The fraction of sp³-hybridized carbons (Fsp3) is 0.278. The highest BCUT2D eigenvalue weighted by Crippen LogP contribution is 2.26. The molecule has 1 aliphatic heterocycles. The van der Waals surface area contributed by atoms with E-state index in [1.54, 1.807) is 0 Å². The minimum atomic E-state index is 0. The second kappa shape index (κ2) is 7.43. The van der Waals surface area contributed by atoms with Gasteiger partial charge in [-0.15, -0.1) is 12.4 Å². The third kappa shape index (κ3) is 3.67. The van der Waals surface area contributed by atoms with Gasteiger partial charge in [-0.1, -0.05) is 60.7 Å². The molecule has 3 nitrogen and oxygen atoms in total. The summed E-state index contributed by atoms with van der Waals surface area (Å²) in [5.41, 5.74) is 8.52. The Morgan fingerprint density at radius 1 is 1.00 bits per heavy atom. The third-order valence-electron chi connectivity index (χ3n) is 4.14. The van der Waals surface area contributed by atoms with Gasteiger partial charge in [-0.05, 0) is 11.1 Å². The van der Waals surface area contributed by atoms with Crippen molar-refractivity contribution < 1.29 is 4.79 Å². The predicted molar refractivity (Wildman–Crippen MR) is 91.1 cm³/mol. The smallest absolute Gasteiger partial charge is 0.227 e. The van der Waals surface area contributed by atoms with Crippen LogP contribution in [0, 0.1) is 0 Å². The summed E-state index contributed by atoms with van der Waals surface area (Å²) in [6.07, 6.45) is 0.453. The number of carbonyl (C=O) groups is 1. The number of benzene rings is 2. The lowest BCUT2D eigenvalue weighted by Crippen LogP contribution is -2.33. The van der Waals surface area contributed by atoms with E-state index in [0.29, 0.717) is 13.0 Å². The maximum Gasteiger partial charge on any atom is 0.227 e. The molecule has 0 aromatic heterocycles. The highest BCUT2D eigenvalue weighted by Gasteiger charge is 2.33. The highest BCUT2D eigenvalue weighted by atomic mass is 35.5. The van der Waals surface area contributed by atoms with E-state index in [1.165, 1.54) is 5.56 Å². The first-order valence-electron chi connectivity index (χ1n) is 7.36. The van der Waals surface area contributed by atoms with Crippen LogP contribution in [0.4, 0.5) is 0 Å².